The predicted octanol–water partition coefficient (Wildman–Crippen LogP) is 1.56. The zero-order valence-corrected chi connectivity index (χ0v) is 12.9. The first-order chi connectivity index (χ1) is 9.74. The lowest BCUT2D eigenvalue weighted by atomic mass is 10.2. The lowest BCUT2D eigenvalue weighted by Crippen LogP contribution is -2.32. The molecular formula is C15H24ClN3O. The molecule has 0 radical (unpaired) electrons. The molecule has 2 N–H and O–H groups in total. The molecule has 1 heterocycles. The average Bonchev–Trinajstić information content (AvgIpc) is 2.66. The van der Waals surface area contributed by atoms with Crippen LogP contribution in [0.15, 0.2) is 18.2 Å². The van der Waals surface area contributed by atoms with E-state index in [1.54, 1.807) is 0 Å². The van der Waals surface area contributed by atoms with Crippen LogP contribution in [0.1, 0.15) is 12.0 Å². The van der Waals surface area contributed by atoms with Crippen molar-refractivity contribution >= 4 is 17.3 Å². The Bertz CT molecular complexity index is 428. The predicted molar refractivity (Wildman–Crippen MR) is 84.6 cm³/mol. The SMILES string of the molecule is CNCc1ccc(N2CCCN(CCO)CC2)c(Cl)c1. The van der Waals surface area contributed by atoms with Crippen molar-refractivity contribution in [3.8, 4) is 0 Å². The Morgan fingerprint density at radius 1 is 1.25 bits per heavy atom. The summed E-state index contributed by atoms with van der Waals surface area (Å²) in [5.74, 6) is 0. The number of β-amino-alcohol motifs (C(OH)–C–C–N with tert-alkyl or cyclic N) is 1. The second-order valence-corrected chi connectivity index (χ2v) is 5.63. The van der Waals surface area contributed by atoms with Gasteiger partial charge in [0, 0.05) is 32.7 Å². The number of aliphatic hydroxyl groups excluding tert-OH is 1. The molecule has 1 aromatic rings. The third-order valence-corrected chi connectivity index (χ3v) is 4.04. The van der Waals surface area contributed by atoms with Gasteiger partial charge in [-0.1, -0.05) is 17.7 Å². The third-order valence-electron chi connectivity index (χ3n) is 3.74. The number of hydrogen-bond acceptors (Lipinski definition) is 4. The van der Waals surface area contributed by atoms with Gasteiger partial charge >= 0.3 is 0 Å². The van der Waals surface area contributed by atoms with Crippen molar-refractivity contribution in [1.82, 2.24) is 10.2 Å². The minimum absolute atomic E-state index is 0.236. The summed E-state index contributed by atoms with van der Waals surface area (Å²) in [4.78, 5) is 4.66. The highest BCUT2D eigenvalue weighted by atomic mass is 35.5. The number of benzene rings is 1. The summed E-state index contributed by atoms with van der Waals surface area (Å²) in [6.45, 7) is 5.85. The van der Waals surface area contributed by atoms with Gasteiger partial charge in [0.2, 0.25) is 0 Å². The summed E-state index contributed by atoms with van der Waals surface area (Å²) >= 11 is 6.43. The first kappa shape index (κ1) is 15.6. The van der Waals surface area contributed by atoms with Gasteiger partial charge in [0.25, 0.3) is 0 Å². The Hall–Kier alpha value is -0.810. The molecule has 20 heavy (non-hydrogen) atoms. The lowest BCUT2D eigenvalue weighted by molar-refractivity contribution is 0.204. The van der Waals surface area contributed by atoms with E-state index in [1.807, 2.05) is 13.1 Å². The molecular weight excluding hydrogens is 274 g/mol. The van der Waals surface area contributed by atoms with Gasteiger partial charge in [-0.15, -0.1) is 0 Å². The Morgan fingerprint density at radius 2 is 2.10 bits per heavy atom. The largest absolute Gasteiger partial charge is 0.395 e. The van der Waals surface area contributed by atoms with Crippen molar-refractivity contribution in [3.63, 3.8) is 0 Å². The van der Waals surface area contributed by atoms with E-state index in [9.17, 15) is 0 Å². The summed E-state index contributed by atoms with van der Waals surface area (Å²) in [7, 11) is 1.94. The highest BCUT2D eigenvalue weighted by Crippen LogP contribution is 2.27. The summed E-state index contributed by atoms with van der Waals surface area (Å²) in [6.07, 6.45) is 1.11. The van der Waals surface area contributed by atoms with E-state index in [0.29, 0.717) is 0 Å². The van der Waals surface area contributed by atoms with E-state index in [0.717, 1.165) is 56.4 Å². The zero-order chi connectivity index (χ0) is 14.4. The minimum Gasteiger partial charge on any atom is -0.395 e. The molecule has 0 atom stereocenters. The van der Waals surface area contributed by atoms with Crippen LogP contribution < -0.4 is 10.2 Å². The maximum atomic E-state index is 9.04. The van der Waals surface area contributed by atoms with Crippen molar-refractivity contribution < 1.29 is 5.11 Å². The van der Waals surface area contributed by atoms with Crippen LogP contribution in [0.3, 0.4) is 0 Å². The molecule has 0 spiro atoms. The molecule has 1 aliphatic heterocycles. The summed E-state index contributed by atoms with van der Waals surface area (Å²) in [5, 5.41) is 13.0. The van der Waals surface area contributed by atoms with Gasteiger partial charge in [-0.05, 0) is 37.7 Å². The van der Waals surface area contributed by atoms with Crippen LogP contribution >= 0.6 is 11.6 Å². The van der Waals surface area contributed by atoms with E-state index in [4.69, 9.17) is 16.7 Å². The van der Waals surface area contributed by atoms with Crippen LogP contribution in [-0.4, -0.2) is 56.4 Å². The molecule has 1 aromatic carbocycles. The molecule has 0 aromatic heterocycles. The van der Waals surface area contributed by atoms with Gasteiger partial charge < -0.3 is 15.3 Å². The summed E-state index contributed by atoms with van der Waals surface area (Å²) < 4.78 is 0. The van der Waals surface area contributed by atoms with E-state index >= 15 is 0 Å². The Kier molecular flexibility index (Phi) is 6.10. The van der Waals surface area contributed by atoms with Gasteiger partial charge in [-0.3, -0.25) is 4.90 Å². The molecule has 2 rings (SSSR count). The fourth-order valence-electron chi connectivity index (χ4n) is 2.70. The standard InChI is InChI=1S/C15H24ClN3O/c1-17-12-13-3-4-15(14(16)11-13)19-6-2-5-18(7-8-19)9-10-20/h3-4,11,17,20H,2,5-10,12H2,1H3. The van der Waals surface area contributed by atoms with Crippen molar-refractivity contribution in [3.05, 3.63) is 28.8 Å². The average molecular weight is 298 g/mol. The van der Waals surface area contributed by atoms with E-state index in [-0.39, 0.29) is 6.61 Å². The normalized spacial score (nSPS) is 17.2. The minimum atomic E-state index is 0.236. The van der Waals surface area contributed by atoms with Gasteiger partial charge in [0.05, 0.1) is 17.3 Å². The molecule has 0 aliphatic carbocycles. The molecule has 1 saturated heterocycles. The van der Waals surface area contributed by atoms with Gasteiger partial charge in [0.1, 0.15) is 0 Å². The Morgan fingerprint density at radius 3 is 2.80 bits per heavy atom. The van der Waals surface area contributed by atoms with Crippen molar-refractivity contribution in [2.24, 2.45) is 0 Å². The van der Waals surface area contributed by atoms with Gasteiger partial charge in [-0.25, -0.2) is 0 Å². The molecule has 1 aliphatic rings. The monoisotopic (exact) mass is 297 g/mol. The lowest BCUT2D eigenvalue weighted by Gasteiger charge is -2.24. The molecule has 5 heteroatoms. The molecule has 112 valence electrons. The number of nitrogens with one attached hydrogen (secondary N) is 1. The Labute approximate surface area is 126 Å². The molecule has 0 saturated carbocycles. The maximum absolute atomic E-state index is 9.04. The van der Waals surface area contributed by atoms with Crippen LogP contribution in [0, 0.1) is 0 Å². The quantitative estimate of drug-likeness (QED) is 0.865. The fraction of sp³-hybridized carbons (Fsp3) is 0.600. The van der Waals surface area contributed by atoms with Gasteiger partial charge in [-0.2, -0.15) is 0 Å². The van der Waals surface area contributed by atoms with Gasteiger partial charge in [0.15, 0.2) is 0 Å². The molecule has 1 fully saturated rings. The van der Waals surface area contributed by atoms with Crippen molar-refractivity contribution in [1.29, 1.82) is 0 Å². The Balaban J connectivity index is 2.03. The van der Waals surface area contributed by atoms with Crippen LogP contribution in [0.4, 0.5) is 5.69 Å². The van der Waals surface area contributed by atoms with Crippen molar-refractivity contribution in [2.45, 2.75) is 13.0 Å². The summed E-state index contributed by atoms with van der Waals surface area (Å²) in [5.41, 5.74) is 2.33. The fourth-order valence-corrected chi connectivity index (χ4v) is 3.02. The molecule has 0 amide bonds. The van der Waals surface area contributed by atoms with E-state index in [2.05, 4.69) is 27.2 Å². The number of hydrogen-bond donors (Lipinski definition) is 2. The number of halogens is 1. The zero-order valence-electron chi connectivity index (χ0n) is 12.1. The first-order valence-electron chi connectivity index (χ1n) is 7.26. The van der Waals surface area contributed by atoms with E-state index in [1.165, 1.54) is 5.56 Å². The smallest absolute Gasteiger partial charge is 0.0642 e. The second kappa shape index (κ2) is 7.84. The number of nitrogens with zero attached hydrogens (tertiary/aromatic N) is 2. The maximum Gasteiger partial charge on any atom is 0.0642 e. The summed E-state index contributed by atoms with van der Waals surface area (Å²) in [6, 6.07) is 6.30. The van der Waals surface area contributed by atoms with Crippen LogP contribution in [0.2, 0.25) is 5.02 Å². The molecule has 0 bridgehead atoms. The number of rotatable bonds is 5. The number of aliphatic hydroxyl groups is 1. The molecule has 4 nitrogen and oxygen atoms in total. The second-order valence-electron chi connectivity index (χ2n) is 5.22. The van der Waals surface area contributed by atoms with Crippen LogP contribution in [0.5, 0.6) is 0 Å². The molecule has 0 unspecified atom stereocenters. The highest BCUT2D eigenvalue weighted by molar-refractivity contribution is 6.33. The highest BCUT2D eigenvalue weighted by Gasteiger charge is 2.16. The topological polar surface area (TPSA) is 38.7 Å². The van der Waals surface area contributed by atoms with E-state index < -0.39 is 0 Å². The third kappa shape index (κ3) is 4.09. The first-order valence-corrected chi connectivity index (χ1v) is 7.63. The van der Waals surface area contributed by atoms with Crippen molar-refractivity contribution in [2.75, 3.05) is 51.3 Å². The van der Waals surface area contributed by atoms with Crippen LogP contribution in [0.25, 0.3) is 0 Å². The number of anilines is 1. The van der Waals surface area contributed by atoms with Crippen LogP contribution in [-0.2, 0) is 6.54 Å².